The van der Waals surface area contributed by atoms with E-state index in [1.54, 1.807) is 11.3 Å². The van der Waals surface area contributed by atoms with Crippen LogP contribution in [0.2, 0.25) is 0 Å². The highest BCUT2D eigenvalue weighted by molar-refractivity contribution is 7.09. The van der Waals surface area contributed by atoms with Crippen molar-refractivity contribution in [2.45, 2.75) is 45.5 Å². The molecule has 0 bridgehead atoms. The van der Waals surface area contributed by atoms with Crippen LogP contribution in [0.3, 0.4) is 0 Å². The Morgan fingerprint density at radius 3 is 2.65 bits per heavy atom. The van der Waals surface area contributed by atoms with Crippen LogP contribution in [0.1, 0.15) is 50.4 Å². The van der Waals surface area contributed by atoms with Crippen molar-refractivity contribution in [3.63, 3.8) is 0 Å². The van der Waals surface area contributed by atoms with Crippen LogP contribution in [0.15, 0.2) is 5.38 Å². The SMILES string of the molecule is CCC(c1nc(CCl)cs1)N(C)CCC(C)C. The molecule has 1 aromatic heterocycles. The fraction of sp³-hybridized carbons (Fsp3) is 0.769. The zero-order valence-electron chi connectivity index (χ0n) is 11.2. The minimum atomic E-state index is 0.440. The number of nitrogens with zero attached hydrogens (tertiary/aromatic N) is 2. The molecule has 98 valence electrons. The first-order valence-electron chi connectivity index (χ1n) is 6.29. The standard InChI is InChI=1S/C13H23ClN2S/c1-5-12(16(4)7-6-10(2)3)13-15-11(8-14)9-17-13/h9-10,12H,5-8H2,1-4H3. The molecule has 1 aromatic rings. The summed E-state index contributed by atoms with van der Waals surface area (Å²) in [6.07, 6.45) is 2.34. The van der Waals surface area contributed by atoms with Crippen molar-refractivity contribution >= 4 is 22.9 Å². The van der Waals surface area contributed by atoms with E-state index in [-0.39, 0.29) is 0 Å². The highest BCUT2D eigenvalue weighted by Gasteiger charge is 2.18. The van der Waals surface area contributed by atoms with Gasteiger partial charge in [0.2, 0.25) is 0 Å². The molecule has 0 saturated carbocycles. The fourth-order valence-corrected chi connectivity index (χ4v) is 3.12. The molecule has 0 aliphatic carbocycles. The smallest absolute Gasteiger partial charge is 0.110 e. The number of halogens is 1. The Kier molecular flexibility index (Phi) is 6.45. The van der Waals surface area contributed by atoms with Crippen LogP contribution < -0.4 is 0 Å². The van der Waals surface area contributed by atoms with Crippen molar-refractivity contribution in [1.82, 2.24) is 9.88 Å². The molecule has 0 aliphatic heterocycles. The van der Waals surface area contributed by atoms with Gasteiger partial charge in [-0.1, -0.05) is 20.8 Å². The van der Waals surface area contributed by atoms with E-state index in [4.69, 9.17) is 11.6 Å². The van der Waals surface area contributed by atoms with Crippen molar-refractivity contribution in [1.29, 1.82) is 0 Å². The van der Waals surface area contributed by atoms with Gasteiger partial charge in [0.15, 0.2) is 0 Å². The summed E-state index contributed by atoms with van der Waals surface area (Å²) < 4.78 is 0. The number of hydrogen-bond acceptors (Lipinski definition) is 3. The Hall–Kier alpha value is -0.120. The summed E-state index contributed by atoms with van der Waals surface area (Å²) in [5.74, 6) is 1.27. The Bertz CT molecular complexity index is 325. The third-order valence-electron chi connectivity index (χ3n) is 2.97. The fourth-order valence-electron chi connectivity index (χ4n) is 1.83. The third-order valence-corrected chi connectivity index (χ3v) is 4.24. The summed E-state index contributed by atoms with van der Waals surface area (Å²) in [6.45, 7) is 7.89. The second kappa shape index (κ2) is 7.34. The molecule has 0 N–H and O–H groups in total. The molecule has 4 heteroatoms. The third kappa shape index (κ3) is 4.57. The molecule has 1 rings (SSSR count). The first-order valence-corrected chi connectivity index (χ1v) is 7.70. The first-order chi connectivity index (χ1) is 8.08. The van der Waals surface area contributed by atoms with Gasteiger partial charge in [0.25, 0.3) is 0 Å². The maximum absolute atomic E-state index is 5.80. The average molecular weight is 275 g/mol. The molecule has 2 nitrogen and oxygen atoms in total. The van der Waals surface area contributed by atoms with Crippen LogP contribution in [0.4, 0.5) is 0 Å². The predicted molar refractivity (Wildman–Crippen MR) is 76.8 cm³/mol. The lowest BCUT2D eigenvalue weighted by molar-refractivity contribution is 0.225. The lowest BCUT2D eigenvalue weighted by atomic mass is 10.1. The molecular weight excluding hydrogens is 252 g/mol. The Morgan fingerprint density at radius 1 is 1.47 bits per heavy atom. The average Bonchev–Trinajstić information content (AvgIpc) is 2.76. The van der Waals surface area contributed by atoms with Crippen molar-refractivity contribution in [2.24, 2.45) is 5.92 Å². The summed E-state index contributed by atoms with van der Waals surface area (Å²) in [7, 11) is 2.19. The summed E-state index contributed by atoms with van der Waals surface area (Å²) in [4.78, 5) is 7.01. The zero-order valence-corrected chi connectivity index (χ0v) is 12.8. The first kappa shape index (κ1) is 14.9. The second-order valence-corrected chi connectivity index (χ2v) is 6.05. The molecule has 17 heavy (non-hydrogen) atoms. The topological polar surface area (TPSA) is 16.1 Å². The second-order valence-electron chi connectivity index (χ2n) is 4.90. The van der Waals surface area contributed by atoms with Crippen LogP contribution >= 0.6 is 22.9 Å². The van der Waals surface area contributed by atoms with Gasteiger partial charge in [-0.05, 0) is 32.4 Å². The van der Waals surface area contributed by atoms with Gasteiger partial charge >= 0.3 is 0 Å². The summed E-state index contributed by atoms with van der Waals surface area (Å²) in [6, 6.07) is 0.440. The molecule has 0 fully saturated rings. The van der Waals surface area contributed by atoms with Crippen LogP contribution in [0, 0.1) is 5.92 Å². The van der Waals surface area contributed by atoms with E-state index >= 15 is 0 Å². The summed E-state index contributed by atoms with van der Waals surface area (Å²) in [5.41, 5.74) is 1.00. The lowest BCUT2D eigenvalue weighted by Crippen LogP contribution is -2.26. The van der Waals surface area contributed by atoms with Gasteiger partial charge in [-0.3, -0.25) is 4.90 Å². The molecule has 0 spiro atoms. The van der Waals surface area contributed by atoms with Crippen LogP contribution in [0.25, 0.3) is 0 Å². The minimum absolute atomic E-state index is 0.440. The molecule has 0 saturated heterocycles. The van der Waals surface area contributed by atoms with Crippen LogP contribution in [-0.4, -0.2) is 23.5 Å². The van der Waals surface area contributed by atoms with Crippen molar-refractivity contribution in [3.05, 3.63) is 16.1 Å². The van der Waals surface area contributed by atoms with Gasteiger partial charge in [0.05, 0.1) is 17.6 Å². The van der Waals surface area contributed by atoms with Crippen molar-refractivity contribution in [2.75, 3.05) is 13.6 Å². The minimum Gasteiger partial charge on any atom is -0.297 e. The van der Waals surface area contributed by atoms with Gasteiger partial charge in [-0.25, -0.2) is 4.98 Å². The summed E-state index contributed by atoms with van der Waals surface area (Å²) >= 11 is 7.53. The van der Waals surface area contributed by atoms with E-state index in [0.29, 0.717) is 11.9 Å². The number of alkyl halides is 1. The molecule has 0 aliphatic rings. The zero-order chi connectivity index (χ0) is 12.8. The maximum atomic E-state index is 5.80. The maximum Gasteiger partial charge on any atom is 0.110 e. The quantitative estimate of drug-likeness (QED) is 0.689. The highest BCUT2D eigenvalue weighted by atomic mass is 35.5. The van der Waals surface area contributed by atoms with E-state index in [2.05, 4.69) is 43.1 Å². The van der Waals surface area contributed by atoms with Crippen LogP contribution in [-0.2, 0) is 5.88 Å². The number of thiazole rings is 1. The molecule has 1 unspecified atom stereocenters. The Labute approximate surface area is 114 Å². The lowest BCUT2D eigenvalue weighted by Gasteiger charge is -2.26. The molecular formula is C13H23ClN2S. The van der Waals surface area contributed by atoms with Crippen molar-refractivity contribution in [3.8, 4) is 0 Å². The van der Waals surface area contributed by atoms with E-state index in [1.165, 1.54) is 11.4 Å². The Balaban J connectivity index is 2.63. The van der Waals surface area contributed by atoms with E-state index < -0.39 is 0 Å². The number of hydrogen-bond donors (Lipinski definition) is 0. The molecule has 1 atom stereocenters. The molecule has 1 heterocycles. The van der Waals surface area contributed by atoms with Crippen molar-refractivity contribution < 1.29 is 0 Å². The predicted octanol–water partition coefficient (Wildman–Crippen LogP) is 4.31. The Morgan fingerprint density at radius 2 is 2.18 bits per heavy atom. The van der Waals surface area contributed by atoms with Gasteiger partial charge in [-0.2, -0.15) is 0 Å². The van der Waals surface area contributed by atoms with Gasteiger partial charge in [-0.15, -0.1) is 22.9 Å². The van der Waals surface area contributed by atoms with E-state index in [9.17, 15) is 0 Å². The monoisotopic (exact) mass is 274 g/mol. The molecule has 0 aromatic carbocycles. The van der Waals surface area contributed by atoms with Gasteiger partial charge in [0, 0.05) is 5.38 Å². The number of aromatic nitrogens is 1. The highest BCUT2D eigenvalue weighted by Crippen LogP contribution is 2.27. The van der Waals surface area contributed by atoms with Gasteiger partial charge in [0.1, 0.15) is 5.01 Å². The number of rotatable bonds is 7. The van der Waals surface area contributed by atoms with Gasteiger partial charge < -0.3 is 0 Å². The van der Waals surface area contributed by atoms with Crippen LogP contribution in [0.5, 0.6) is 0 Å². The normalized spacial score (nSPS) is 13.6. The van der Waals surface area contributed by atoms with E-state index in [1.807, 2.05) is 0 Å². The molecule has 0 amide bonds. The largest absolute Gasteiger partial charge is 0.297 e. The molecule has 0 radical (unpaired) electrons. The summed E-state index contributed by atoms with van der Waals surface area (Å²) in [5, 5.41) is 3.27. The van der Waals surface area contributed by atoms with E-state index in [0.717, 1.165) is 24.6 Å².